The largest absolute Gasteiger partial charge is 0.478 e. The summed E-state index contributed by atoms with van der Waals surface area (Å²) < 4.78 is 17.0. The van der Waals surface area contributed by atoms with Crippen molar-refractivity contribution in [1.29, 1.82) is 0 Å². The lowest BCUT2D eigenvalue weighted by Gasteiger charge is -1.88. The number of thiazole rings is 1. The van der Waals surface area contributed by atoms with Crippen molar-refractivity contribution >= 4 is 11.3 Å². The van der Waals surface area contributed by atoms with E-state index >= 15 is 0 Å². The predicted molar refractivity (Wildman–Crippen MR) is 33.4 cm³/mol. The molecule has 1 heterocycles. The van der Waals surface area contributed by atoms with Gasteiger partial charge in [-0.3, -0.25) is 0 Å². The first-order chi connectivity index (χ1) is 4.24. The maximum atomic E-state index is 12.4. The maximum absolute atomic E-state index is 12.4. The van der Waals surface area contributed by atoms with Gasteiger partial charge < -0.3 is 4.74 Å². The van der Waals surface area contributed by atoms with Crippen LogP contribution in [0, 0.1) is 12.1 Å². The van der Waals surface area contributed by atoms with Crippen LogP contribution >= 0.6 is 11.3 Å². The van der Waals surface area contributed by atoms with Crippen LogP contribution < -0.4 is 4.74 Å². The van der Waals surface area contributed by atoms with Gasteiger partial charge in [0, 0.05) is 0 Å². The molecule has 1 rings (SSSR count). The summed E-state index contributed by atoms with van der Waals surface area (Å²) in [5, 5.41) is 0.333. The number of hydrogen-bond donors (Lipinski definition) is 0. The topological polar surface area (TPSA) is 22.1 Å². The zero-order chi connectivity index (χ0) is 6.85. The van der Waals surface area contributed by atoms with Crippen LogP contribution in [0.5, 0.6) is 5.88 Å². The Labute approximate surface area is 56.3 Å². The summed E-state index contributed by atoms with van der Waals surface area (Å²) in [7, 11) is 1.40. The van der Waals surface area contributed by atoms with Crippen molar-refractivity contribution in [2.45, 2.75) is 6.92 Å². The minimum atomic E-state index is -0.352. The van der Waals surface area contributed by atoms with Crippen LogP contribution in [0.3, 0.4) is 0 Å². The Morgan fingerprint density at radius 1 is 1.67 bits per heavy atom. The van der Waals surface area contributed by atoms with Gasteiger partial charge >= 0.3 is 0 Å². The van der Waals surface area contributed by atoms with Crippen molar-refractivity contribution in [3.8, 4) is 5.88 Å². The molecule has 2 nitrogen and oxygen atoms in total. The molecular formula is C5H6FNOS. The third-order valence-electron chi connectivity index (χ3n) is 0.858. The molecule has 0 bridgehead atoms. The lowest BCUT2D eigenvalue weighted by atomic mass is 10.8. The molecule has 0 aliphatic heterocycles. The van der Waals surface area contributed by atoms with Gasteiger partial charge in [-0.2, -0.15) is 4.39 Å². The maximum Gasteiger partial charge on any atom is 0.262 e. The number of ether oxygens (including phenoxy) is 1. The Hall–Kier alpha value is -0.640. The first kappa shape index (κ1) is 6.48. The second kappa shape index (κ2) is 2.31. The SMILES string of the molecule is COc1nc(C)sc1F. The minimum absolute atomic E-state index is 0.0949. The molecule has 0 N–H and O–H groups in total. The van der Waals surface area contributed by atoms with Crippen molar-refractivity contribution in [2.75, 3.05) is 7.11 Å². The molecule has 50 valence electrons. The van der Waals surface area contributed by atoms with Gasteiger partial charge in [-0.05, 0) is 6.92 Å². The average Bonchev–Trinajstić information content (AvgIpc) is 2.10. The molecule has 9 heavy (non-hydrogen) atoms. The molecule has 0 radical (unpaired) electrons. The summed E-state index contributed by atoms with van der Waals surface area (Å²) in [5.41, 5.74) is 0. The van der Waals surface area contributed by atoms with Gasteiger partial charge in [0.1, 0.15) is 0 Å². The Bertz CT molecular complexity index is 211. The number of nitrogens with zero attached hydrogens (tertiary/aromatic N) is 1. The molecule has 4 heteroatoms. The van der Waals surface area contributed by atoms with E-state index in [-0.39, 0.29) is 11.0 Å². The van der Waals surface area contributed by atoms with E-state index in [1.165, 1.54) is 7.11 Å². The van der Waals surface area contributed by atoms with Gasteiger partial charge in [-0.1, -0.05) is 11.3 Å². The normalized spacial score (nSPS) is 9.67. The average molecular weight is 147 g/mol. The van der Waals surface area contributed by atoms with Crippen molar-refractivity contribution in [1.82, 2.24) is 4.98 Å². The highest BCUT2D eigenvalue weighted by Gasteiger charge is 2.06. The molecule has 0 saturated carbocycles. The summed E-state index contributed by atoms with van der Waals surface area (Å²) in [5.74, 6) is 0.0949. The molecule has 0 atom stereocenters. The highest BCUT2D eigenvalue weighted by Crippen LogP contribution is 2.21. The van der Waals surface area contributed by atoms with Gasteiger partial charge in [0.2, 0.25) is 5.13 Å². The van der Waals surface area contributed by atoms with Crippen LogP contribution in [-0.2, 0) is 0 Å². The zero-order valence-corrected chi connectivity index (χ0v) is 5.96. The first-order valence-electron chi connectivity index (χ1n) is 2.41. The van der Waals surface area contributed by atoms with Gasteiger partial charge in [0.15, 0.2) is 0 Å². The Morgan fingerprint density at radius 3 is 2.56 bits per heavy atom. The quantitative estimate of drug-likeness (QED) is 0.602. The molecule has 0 aliphatic carbocycles. The first-order valence-corrected chi connectivity index (χ1v) is 3.22. The number of methoxy groups -OCH3 is 1. The number of halogens is 1. The minimum Gasteiger partial charge on any atom is -0.478 e. The van der Waals surface area contributed by atoms with E-state index in [0.717, 1.165) is 11.3 Å². The monoisotopic (exact) mass is 147 g/mol. The predicted octanol–water partition coefficient (Wildman–Crippen LogP) is 1.60. The van der Waals surface area contributed by atoms with E-state index in [4.69, 9.17) is 0 Å². The van der Waals surface area contributed by atoms with Crippen LogP contribution in [0.25, 0.3) is 0 Å². The summed E-state index contributed by atoms with van der Waals surface area (Å²) in [6, 6.07) is 0. The van der Waals surface area contributed by atoms with Gasteiger partial charge in [0.05, 0.1) is 12.1 Å². The number of aryl methyl sites for hydroxylation is 1. The van der Waals surface area contributed by atoms with E-state index in [9.17, 15) is 4.39 Å². The molecule has 0 amide bonds. The molecule has 0 aliphatic rings. The fourth-order valence-corrected chi connectivity index (χ4v) is 1.11. The third kappa shape index (κ3) is 1.18. The van der Waals surface area contributed by atoms with Crippen molar-refractivity contribution in [2.24, 2.45) is 0 Å². The van der Waals surface area contributed by atoms with Gasteiger partial charge in [0.25, 0.3) is 5.88 Å². The van der Waals surface area contributed by atoms with Crippen LogP contribution in [0.1, 0.15) is 5.01 Å². The lowest BCUT2D eigenvalue weighted by Crippen LogP contribution is -1.83. The molecule has 0 spiro atoms. The van der Waals surface area contributed by atoms with Crippen LogP contribution in [0.15, 0.2) is 0 Å². The fraction of sp³-hybridized carbons (Fsp3) is 0.400. The molecular weight excluding hydrogens is 141 g/mol. The molecule has 0 unspecified atom stereocenters. The summed E-state index contributed by atoms with van der Waals surface area (Å²) in [4.78, 5) is 3.75. The summed E-state index contributed by atoms with van der Waals surface area (Å²) >= 11 is 0.991. The number of rotatable bonds is 1. The van der Waals surface area contributed by atoms with Gasteiger partial charge in [-0.15, -0.1) is 0 Å². The second-order valence-corrected chi connectivity index (χ2v) is 2.67. The van der Waals surface area contributed by atoms with E-state index in [0.29, 0.717) is 5.01 Å². The van der Waals surface area contributed by atoms with E-state index < -0.39 is 0 Å². The summed E-state index contributed by atoms with van der Waals surface area (Å²) in [6.07, 6.45) is 0. The third-order valence-corrected chi connectivity index (χ3v) is 1.60. The molecule has 0 saturated heterocycles. The molecule has 1 aromatic heterocycles. The Kier molecular flexibility index (Phi) is 1.66. The van der Waals surface area contributed by atoms with Crippen molar-refractivity contribution < 1.29 is 9.13 Å². The van der Waals surface area contributed by atoms with E-state index in [1.54, 1.807) is 6.92 Å². The molecule has 0 aromatic carbocycles. The highest BCUT2D eigenvalue weighted by molar-refractivity contribution is 7.10. The lowest BCUT2D eigenvalue weighted by molar-refractivity contribution is 0.377. The Balaban J connectivity index is 3.01. The molecule has 1 aromatic rings. The second-order valence-electron chi connectivity index (χ2n) is 1.52. The smallest absolute Gasteiger partial charge is 0.262 e. The standard InChI is InChI=1S/C5H6FNOS/c1-3-7-5(8-2)4(6)9-3/h1-2H3. The van der Waals surface area contributed by atoms with Crippen molar-refractivity contribution in [3.63, 3.8) is 0 Å². The zero-order valence-electron chi connectivity index (χ0n) is 5.14. The Morgan fingerprint density at radius 2 is 2.33 bits per heavy atom. The summed E-state index contributed by atoms with van der Waals surface area (Å²) in [6.45, 7) is 1.73. The number of aromatic nitrogens is 1. The number of hydrogen-bond acceptors (Lipinski definition) is 3. The van der Waals surface area contributed by atoms with Crippen LogP contribution in [0.2, 0.25) is 0 Å². The highest BCUT2D eigenvalue weighted by atomic mass is 32.1. The van der Waals surface area contributed by atoms with E-state index in [1.807, 2.05) is 0 Å². The molecule has 0 fully saturated rings. The van der Waals surface area contributed by atoms with Crippen molar-refractivity contribution in [3.05, 3.63) is 10.1 Å². The fourth-order valence-electron chi connectivity index (χ4n) is 0.509. The van der Waals surface area contributed by atoms with Crippen LogP contribution in [0.4, 0.5) is 4.39 Å². The van der Waals surface area contributed by atoms with Crippen LogP contribution in [-0.4, -0.2) is 12.1 Å². The van der Waals surface area contributed by atoms with E-state index in [2.05, 4.69) is 9.72 Å². The van der Waals surface area contributed by atoms with Gasteiger partial charge in [-0.25, -0.2) is 4.98 Å².